The molecule has 0 fully saturated rings. The van der Waals surface area contributed by atoms with Crippen molar-refractivity contribution in [3.05, 3.63) is 56.5 Å². The summed E-state index contributed by atoms with van der Waals surface area (Å²) in [6, 6.07) is 9.82. The molecule has 21 heavy (non-hydrogen) atoms. The minimum Gasteiger partial charge on any atom is -0.493 e. The van der Waals surface area contributed by atoms with E-state index in [0.29, 0.717) is 17.2 Å². The lowest BCUT2D eigenvalue weighted by Crippen LogP contribution is -1.94. The van der Waals surface area contributed by atoms with Crippen LogP contribution >= 0.6 is 31.9 Å². The molecular formula is C14H11Br2NO4. The molecule has 2 aromatic rings. The lowest BCUT2D eigenvalue weighted by Gasteiger charge is -2.12. The van der Waals surface area contributed by atoms with E-state index in [0.717, 1.165) is 15.4 Å². The molecular weight excluding hydrogens is 406 g/mol. The molecule has 0 aromatic heterocycles. The molecule has 0 bridgehead atoms. The van der Waals surface area contributed by atoms with Gasteiger partial charge >= 0.3 is 0 Å². The van der Waals surface area contributed by atoms with E-state index in [1.165, 1.54) is 25.3 Å². The molecule has 110 valence electrons. The minimum absolute atomic E-state index is 0.0565. The Morgan fingerprint density at radius 1 is 1.14 bits per heavy atom. The van der Waals surface area contributed by atoms with Gasteiger partial charge < -0.3 is 9.47 Å². The SMILES string of the molecule is COc1ccc([N+](=O)[O-])cc1Oc1ccc(CBr)cc1Br. The number of nitro benzene ring substituents is 1. The van der Waals surface area contributed by atoms with E-state index >= 15 is 0 Å². The van der Waals surface area contributed by atoms with Crippen molar-refractivity contribution >= 4 is 37.5 Å². The third kappa shape index (κ3) is 3.74. The Bertz CT molecular complexity index is 676. The van der Waals surface area contributed by atoms with Gasteiger partial charge in [-0.25, -0.2) is 0 Å². The Balaban J connectivity index is 2.38. The number of benzene rings is 2. The number of hydrogen-bond donors (Lipinski definition) is 0. The summed E-state index contributed by atoms with van der Waals surface area (Å²) in [6.45, 7) is 0. The van der Waals surface area contributed by atoms with Gasteiger partial charge in [0.1, 0.15) is 5.75 Å². The first kappa shape index (κ1) is 15.8. The average molecular weight is 417 g/mol. The highest BCUT2D eigenvalue weighted by Crippen LogP contribution is 2.37. The highest BCUT2D eigenvalue weighted by atomic mass is 79.9. The normalized spacial score (nSPS) is 10.2. The van der Waals surface area contributed by atoms with Gasteiger partial charge in [0.2, 0.25) is 0 Å². The zero-order valence-electron chi connectivity index (χ0n) is 11.0. The van der Waals surface area contributed by atoms with Crippen molar-refractivity contribution in [2.45, 2.75) is 5.33 Å². The van der Waals surface area contributed by atoms with Crippen LogP contribution in [0.1, 0.15) is 5.56 Å². The summed E-state index contributed by atoms with van der Waals surface area (Å²) in [5.74, 6) is 1.27. The molecule has 0 saturated heterocycles. The van der Waals surface area contributed by atoms with Crippen molar-refractivity contribution in [3.63, 3.8) is 0 Å². The van der Waals surface area contributed by atoms with Crippen LogP contribution < -0.4 is 9.47 Å². The predicted octanol–water partition coefficient (Wildman–Crippen LogP) is 5.05. The average Bonchev–Trinajstić information content (AvgIpc) is 2.49. The fraction of sp³-hybridized carbons (Fsp3) is 0.143. The van der Waals surface area contributed by atoms with Crippen LogP contribution in [-0.2, 0) is 5.33 Å². The first-order valence-electron chi connectivity index (χ1n) is 5.90. The molecule has 0 aliphatic carbocycles. The summed E-state index contributed by atoms with van der Waals surface area (Å²) in [6.07, 6.45) is 0. The summed E-state index contributed by atoms with van der Waals surface area (Å²) in [5, 5.41) is 11.6. The van der Waals surface area contributed by atoms with Crippen LogP contribution in [0.5, 0.6) is 17.2 Å². The summed E-state index contributed by atoms with van der Waals surface area (Å²) in [4.78, 5) is 10.4. The number of hydrogen-bond acceptors (Lipinski definition) is 4. The highest BCUT2D eigenvalue weighted by molar-refractivity contribution is 9.10. The first-order valence-corrected chi connectivity index (χ1v) is 7.81. The number of nitro groups is 1. The van der Waals surface area contributed by atoms with Crippen LogP contribution in [0.4, 0.5) is 5.69 Å². The standard InChI is InChI=1S/C14H11Br2NO4/c1-20-13-5-3-10(17(18)19)7-14(13)21-12-4-2-9(8-15)6-11(12)16/h2-7H,8H2,1H3. The molecule has 0 aliphatic rings. The molecule has 0 N–H and O–H groups in total. The second-order valence-corrected chi connectivity index (χ2v) is 5.51. The molecule has 0 atom stereocenters. The molecule has 0 saturated carbocycles. The Kier molecular flexibility index (Phi) is 5.19. The summed E-state index contributed by atoms with van der Waals surface area (Å²) in [5.41, 5.74) is 1.03. The third-order valence-corrected chi connectivity index (χ3v) is 4.00. The van der Waals surface area contributed by atoms with Gasteiger partial charge in [-0.2, -0.15) is 0 Å². The van der Waals surface area contributed by atoms with Gasteiger partial charge in [0.25, 0.3) is 5.69 Å². The van der Waals surface area contributed by atoms with E-state index in [-0.39, 0.29) is 5.69 Å². The van der Waals surface area contributed by atoms with Crippen molar-refractivity contribution in [2.24, 2.45) is 0 Å². The van der Waals surface area contributed by atoms with Gasteiger partial charge in [-0.1, -0.05) is 22.0 Å². The topological polar surface area (TPSA) is 61.6 Å². The van der Waals surface area contributed by atoms with Crippen LogP contribution in [0.3, 0.4) is 0 Å². The van der Waals surface area contributed by atoms with Crippen LogP contribution in [-0.4, -0.2) is 12.0 Å². The number of alkyl halides is 1. The van der Waals surface area contributed by atoms with Gasteiger partial charge in [-0.3, -0.25) is 10.1 Å². The van der Waals surface area contributed by atoms with E-state index in [1.54, 1.807) is 6.07 Å². The van der Waals surface area contributed by atoms with E-state index in [2.05, 4.69) is 31.9 Å². The fourth-order valence-corrected chi connectivity index (χ4v) is 2.54. The largest absolute Gasteiger partial charge is 0.493 e. The first-order chi connectivity index (χ1) is 10.0. The number of methoxy groups -OCH3 is 1. The monoisotopic (exact) mass is 415 g/mol. The Labute approximate surface area is 138 Å². The van der Waals surface area contributed by atoms with Crippen molar-refractivity contribution in [2.75, 3.05) is 7.11 Å². The second kappa shape index (κ2) is 6.91. The van der Waals surface area contributed by atoms with Crippen LogP contribution in [0, 0.1) is 10.1 Å². The fourth-order valence-electron chi connectivity index (χ4n) is 1.69. The van der Waals surface area contributed by atoms with Crippen molar-refractivity contribution in [1.29, 1.82) is 0 Å². The number of non-ortho nitro benzene ring substituents is 1. The van der Waals surface area contributed by atoms with Crippen molar-refractivity contribution in [1.82, 2.24) is 0 Å². The number of halogens is 2. The van der Waals surface area contributed by atoms with E-state index in [9.17, 15) is 10.1 Å². The second-order valence-electron chi connectivity index (χ2n) is 4.09. The van der Waals surface area contributed by atoms with Gasteiger partial charge in [0, 0.05) is 11.4 Å². The van der Waals surface area contributed by atoms with Crippen molar-refractivity contribution < 1.29 is 14.4 Å². The van der Waals surface area contributed by atoms with Gasteiger partial charge in [0.15, 0.2) is 11.5 Å². The quantitative estimate of drug-likeness (QED) is 0.388. The van der Waals surface area contributed by atoms with Gasteiger partial charge in [-0.15, -0.1) is 0 Å². The predicted molar refractivity (Wildman–Crippen MR) is 86.5 cm³/mol. The van der Waals surface area contributed by atoms with Crippen LogP contribution in [0.15, 0.2) is 40.9 Å². The van der Waals surface area contributed by atoms with Crippen LogP contribution in [0.25, 0.3) is 0 Å². The molecule has 0 radical (unpaired) electrons. The molecule has 0 heterocycles. The Morgan fingerprint density at radius 2 is 1.86 bits per heavy atom. The molecule has 0 aliphatic heterocycles. The molecule has 0 amide bonds. The Morgan fingerprint density at radius 3 is 2.43 bits per heavy atom. The third-order valence-electron chi connectivity index (χ3n) is 2.73. The number of rotatable bonds is 5. The molecule has 2 aromatic carbocycles. The van der Waals surface area contributed by atoms with Gasteiger partial charge in [-0.05, 0) is 39.7 Å². The van der Waals surface area contributed by atoms with E-state index < -0.39 is 4.92 Å². The zero-order chi connectivity index (χ0) is 15.4. The molecule has 2 rings (SSSR count). The van der Waals surface area contributed by atoms with Gasteiger partial charge in [0.05, 0.1) is 22.6 Å². The number of ether oxygens (including phenoxy) is 2. The molecule has 0 spiro atoms. The Hall–Kier alpha value is -1.60. The lowest BCUT2D eigenvalue weighted by molar-refractivity contribution is -0.384. The van der Waals surface area contributed by atoms with E-state index in [1.807, 2.05) is 12.1 Å². The summed E-state index contributed by atoms with van der Waals surface area (Å²) in [7, 11) is 1.48. The van der Waals surface area contributed by atoms with Crippen LogP contribution in [0.2, 0.25) is 0 Å². The number of nitrogens with zero attached hydrogens (tertiary/aromatic N) is 1. The maximum Gasteiger partial charge on any atom is 0.273 e. The summed E-state index contributed by atoms with van der Waals surface area (Å²) >= 11 is 6.79. The molecule has 5 nitrogen and oxygen atoms in total. The lowest BCUT2D eigenvalue weighted by atomic mass is 10.2. The maximum atomic E-state index is 10.9. The molecule has 0 unspecified atom stereocenters. The van der Waals surface area contributed by atoms with E-state index in [4.69, 9.17) is 9.47 Å². The minimum atomic E-state index is -0.477. The summed E-state index contributed by atoms with van der Waals surface area (Å²) < 4.78 is 11.7. The smallest absolute Gasteiger partial charge is 0.273 e. The highest BCUT2D eigenvalue weighted by Gasteiger charge is 2.14. The zero-order valence-corrected chi connectivity index (χ0v) is 14.2. The molecule has 7 heteroatoms. The maximum absolute atomic E-state index is 10.9. The van der Waals surface area contributed by atoms with Crippen molar-refractivity contribution in [3.8, 4) is 17.2 Å².